The number of pyridine rings is 1. The number of hydrogen-bond donors (Lipinski definition) is 1. The summed E-state index contributed by atoms with van der Waals surface area (Å²) < 4.78 is 5.56. The van der Waals surface area contributed by atoms with Crippen molar-refractivity contribution < 1.29 is 19.1 Å². The van der Waals surface area contributed by atoms with E-state index in [2.05, 4.69) is 10.3 Å². The molecule has 0 bridgehead atoms. The molecule has 1 N–H and O–H groups in total. The van der Waals surface area contributed by atoms with Gasteiger partial charge in [-0.3, -0.25) is 24.3 Å². The number of aromatic nitrogens is 1. The third kappa shape index (κ3) is 3.19. The van der Waals surface area contributed by atoms with Crippen molar-refractivity contribution in [3.05, 3.63) is 89.2 Å². The number of amides is 2. The molecule has 172 valence electrons. The van der Waals surface area contributed by atoms with E-state index in [4.69, 9.17) is 16.3 Å². The summed E-state index contributed by atoms with van der Waals surface area (Å²) in [5.74, 6) is -3.21. The highest BCUT2D eigenvalue weighted by Crippen LogP contribution is 2.58. The largest absolute Gasteiger partial charge is 0.426 e. The average Bonchev–Trinajstić information content (AvgIpc) is 3.14. The van der Waals surface area contributed by atoms with Crippen molar-refractivity contribution in [2.75, 3.05) is 11.4 Å². The molecule has 2 aromatic carbocycles. The SMILES string of the molecule is CCCNC(=O)[C@@]1(c2ccncc2)[C@@H]2c3ccccc3OC(=O)[C@H]2C(=O)N1c1ccc(Cl)cc1. The molecule has 2 aliphatic rings. The van der Waals surface area contributed by atoms with Gasteiger partial charge in [-0.2, -0.15) is 0 Å². The van der Waals surface area contributed by atoms with Crippen LogP contribution in [0.4, 0.5) is 5.69 Å². The molecular formula is C26H22ClN3O4. The first-order valence-corrected chi connectivity index (χ1v) is 11.5. The van der Waals surface area contributed by atoms with Gasteiger partial charge in [0.2, 0.25) is 5.91 Å². The molecule has 0 aliphatic carbocycles. The highest BCUT2D eigenvalue weighted by atomic mass is 35.5. The predicted octanol–water partition coefficient (Wildman–Crippen LogP) is 3.82. The summed E-state index contributed by atoms with van der Waals surface area (Å²) in [4.78, 5) is 47.0. The van der Waals surface area contributed by atoms with E-state index < -0.39 is 29.3 Å². The number of ether oxygens (including phenoxy) is 1. The van der Waals surface area contributed by atoms with E-state index in [9.17, 15) is 14.4 Å². The number of anilines is 1. The van der Waals surface area contributed by atoms with Gasteiger partial charge < -0.3 is 10.1 Å². The van der Waals surface area contributed by atoms with Crippen molar-refractivity contribution in [1.82, 2.24) is 10.3 Å². The van der Waals surface area contributed by atoms with Crippen LogP contribution in [0.2, 0.25) is 5.02 Å². The topological polar surface area (TPSA) is 88.6 Å². The molecule has 0 spiro atoms. The van der Waals surface area contributed by atoms with Gasteiger partial charge in [0, 0.05) is 41.1 Å². The van der Waals surface area contributed by atoms with Crippen molar-refractivity contribution >= 4 is 35.1 Å². The number of carbonyl (C=O) groups excluding carboxylic acids is 3. The minimum Gasteiger partial charge on any atom is -0.426 e. The Morgan fingerprint density at radius 2 is 1.79 bits per heavy atom. The van der Waals surface area contributed by atoms with E-state index in [1.807, 2.05) is 13.0 Å². The first-order chi connectivity index (χ1) is 16.5. The fraction of sp³-hybridized carbons (Fsp3) is 0.231. The Morgan fingerprint density at radius 1 is 1.09 bits per heavy atom. The maximum Gasteiger partial charge on any atom is 0.324 e. The molecule has 1 fully saturated rings. The lowest BCUT2D eigenvalue weighted by atomic mass is 9.69. The van der Waals surface area contributed by atoms with Crippen LogP contribution in [0.1, 0.15) is 30.4 Å². The summed E-state index contributed by atoms with van der Waals surface area (Å²) in [6.45, 7) is 2.37. The second-order valence-electron chi connectivity index (χ2n) is 8.32. The van der Waals surface area contributed by atoms with Crippen LogP contribution in [0.3, 0.4) is 0 Å². The van der Waals surface area contributed by atoms with Crippen molar-refractivity contribution in [2.45, 2.75) is 24.8 Å². The van der Waals surface area contributed by atoms with Gasteiger partial charge in [0.25, 0.3) is 5.91 Å². The molecule has 3 heterocycles. The Kier molecular flexibility index (Phi) is 5.57. The van der Waals surface area contributed by atoms with Crippen LogP contribution in [-0.2, 0) is 19.9 Å². The van der Waals surface area contributed by atoms with Crippen LogP contribution in [0, 0.1) is 5.92 Å². The Hall–Kier alpha value is -3.71. The number of hydrogen-bond acceptors (Lipinski definition) is 5. The number of benzene rings is 2. The molecule has 3 atom stereocenters. The molecular weight excluding hydrogens is 454 g/mol. The highest BCUT2D eigenvalue weighted by molar-refractivity contribution is 6.30. The number of rotatable bonds is 5. The zero-order valence-electron chi connectivity index (χ0n) is 18.4. The van der Waals surface area contributed by atoms with E-state index >= 15 is 0 Å². The van der Waals surface area contributed by atoms with Gasteiger partial charge in [-0.1, -0.05) is 36.7 Å². The van der Waals surface area contributed by atoms with Crippen molar-refractivity contribution in [1.29, 1.82) is 0 Å². The van der Waals surface area contributed by atoms with E-state index in [1.54, 1.807) is 67.0 Å². The summed E-state index contributed by atoms with van der Waals surface area (Å²) in [6.07, 6.45) is 3.87. The predicted molar refractivity (Wildman–Crippen MR) is 126 cm³/mol. The third-order valence-electron chi connectivity index (χ3n) is 6.43. The molecule has 7 nitrogen and oxygen atoms in total. The summed E-state index contributed by atoms with van der Waals surface area (Å²) in [5, 5.41) is 3.48. The fourth-order valence-corrected chi connectivity index (χ4v) is 5.19. The fourth-order valence-electron chi connectivity index (χ4n) is 5.06. The number of nitrogens with one attached hydrogen (secondary N) is 1. The van der Waals surface area contributed by atoms with E-state index in [-0.39, 0.29) is 5.91 Å². The third-order valence-corrected chi connectivity index (χ3v) is 6.68. The van der Waals surface area contributed by atoms with Crippen LogP contribution in [0.5, 0.6) is 5.75 Å². The number of nitrogens with zero attached hydrogens (tertiary/aromatic N) is 2. The molecule has 1 saturated heterocycles. The Balaban J connectivity index is 1.86. The number of halogens is 1. The Morgan fingerprint density at radius 3 is 2.50 bits per heavy atom. The van der Waals surface area contributed by atoms with E-state index in [1.165, 1.54) is 4.90 Å². The van der Waals surface area contributed by atoms with Crippen molar-refractivity contribution in [3.8, 4) is 5.75 Å². The molecule has 2 amide bonds. The van der Waals surface area contributed by atoms with Crippen LogP contribution in [0.25, 0.3) is 0 Å². The van der Waals surface area contributed by atoms with Gasteiger partial charge in [0.15, 0.2) is 5.54 Å². The summed E-state index contributed by atoms with van der Waals surface area (Å²) in [6, 6.07) is 17.1. The summed E-state index contributed by atoms with van der Waals surface area (Å²) >= 11 is 6.12. The maximum absolute atomic E-state index is 14.2. The van der Waals surface area contributed by atoms with Gasteiger partial charge in [-0.25, -0.2) is 0 Å². The Labute approximate surface area is 201 Å². The van der Waals surface area contributed by atoms with E-state index in [0.29, 0.717) is 40.6 Å². The highest BCUT2D eigenvalue weighted by Gasteiger charge is 2.68. The molecule has 1 aromatic heterocycles. The second-order valence-corrected chi connectivity index (χ2v) is 8.76. The van der Waals surface area contributed by atoms with Gasteiger partial charge in [0.05, 0.1) is 0 Å². The number of fused-ring (bicyclic) bond motifs is 3. The lowest BCUT2D eigenvalue weighted by Crippen LogP contribution is -2.57. The summed E-state index contributed by atoms with van der Waals surface area (Å²) in [5.41, 5.74) is 0.0813. The van der Waals surface area contributed by atoms with E-state index in [0.717, 1.165) is 0 Å². The average molecular weight is 476 g/mol. The quantitative estimate of drug-likeness (QED) is 0.344. The standard InChI is InChI=1S/C26H22ClN3O4/c1-2-13-29-25(33)26(16-11-14-28-15-12-16)22-19-5-3-4-6-20(19)34-24(32)21(22)23(31)30(26)18-9-7-17(27)8-10-18/h3-12,14-15,21-22H,2,13H2,1H3,(H,29,33)/t21-,22-,26-/m1/s1. The molecule has 0 saturated carbocycles. The van der Waals surface area contributed by atoms with Crippen LogP contribution < -0.4 is 15.0 Å². The monoisotopic (exact) mass is 475 g/mol. The van der Waals surface area contributed by atoms with Crippen molar-refractivity contribution in [2.24, 2.45) is 5.92 Å². The molecule has 0 radical (unpaired) electrons. The zero-order valence-corrected chi connectivity index (χ0v) is 19.2. The second kappa shape index (κ2) is 8.57. The molecule has 5 rings (SSSR count). The minimum atomic E-state index is -1.55. The lowest BCUT2D eigenvalue weighted by molar-refractivity contribution is -0.144. The molecule has 2 aliphatic heterocycles. The first kappa shape index (κ1) is 22.1. The number of para-hydroxylation sites is 1. The Bertz CT molecular complexity index is 1260. The summed E-state index contributed by atoms with van der Waals surface area (Å²) in [7, 11) is 0. The van der Waals surface area contributed by atoms with Crippen LogP contribution in [0.15, 0.2) is 73.1 Å². The molecule has 0 unspecified atom stereocenters. The van der Waals surface area contributed by atoms with Crippen LogP contribution >= 0.6 is 11.6 Å². The van der Waals surface area contributed by atoms with Crippen molar-refractivity contribution in [3.63, 3.8) is 0 Å². The normalized spacial score (nSPS) is 23.2. The van der Waals surface area contributed by atoms with Gasteiger partial charge >= 0.3 is 5.97 Å². The van der Waals surface area contributed by atoms with Gasteiger partial charge in [-0.15, -0.1) is 0 Å². The smallest absolute Gasteiger partial charge is 0.324 e. The first-order valence-electron chi connectivity index (χ1n) is 11.1. The van der Waals surface area contributed by atoms with Crippen LogP contribution in [-0.4, -0.2) is 29.3 Å². The van der Waals surface area contributed by atoms with Gasteiger partial charge in [-0.05, 0) is 54.4 Å². The minimum absolute atomic E-state index is 0.348. The number of esters is 1. The lowest BCUT2D eigenvalue weighted by Gasteiger charge is -2.42. The van der Waals surface area contributed by atoms with Gasteiger partial charge in [0.1, 0.15) is 11.7 Å². The number of carbonyl (C=O) groups is 3. The maximum atomic E-state index is 14.2. The molecule has 34 heavy (non-hydrogen) atoms. The molecule has 3 aromatic rings. The molecule has 8 heteroatoms. The zero-order chi connectivity index (χ0) is 23.9.